The molecule has 0 radical (unpaired) electrons. The van der Waals surface area contributed by atoms with E-state index in [2.05, 4.69) is 10.6 Å². The molecule has 0 aromatic rings. The van der Waals surface area contributed by atoms with Gasteiger partial charge in [-0.15, -0.1) is 0 Å². The molecule has 0 aromatic heterocycles. The molecule has 0 aliphatic carbocycles. The summed E-state index contributed by atoms with van der Waals surface area (Å²) in [5, 5.41) is 15.2. The molecule has 0 saturated carbocycles. The molecule has 4 nitrogen and oxygen atoms in total. The molecule has 1 fully saturated rings. The molecule has 0 bridgehead atoms. The monoisotopic (exact) mass is 200 g/mol. The molecule has 4 heteroatoms. The fourth-order valence-corrected chi connectivity index (χ4v) is 1.82. The van der Waals surface area contributed by atoms with Crippen molar-refractivity contribution < 1.29 is 9.90 Å². The van der Waals surface area contributed by atoms with Crippen LogP contribution in [0.4, 0.5) is 0 Å². The highest BCUT2D eigenvalue weighted by Gasteiger charge is 2.23. The molecule has 1 rings (SSSR count). The van der Waals surface area contributed by atoms with Gasteiger partial charge in [0.25, 0.3) is 0 Å². The summed E-state index contributed by atoms with van der Waals surface area (Å²) in [6.07, 6.45) is 2.25. The second-order valence-corrected chi connectivity index (χ2v) is 4.14. The number of rotatable bonds is 4. The first-order valence-corrected chi connectivity index (χ1v) is 5.31. The van der Waals surface area contributed by atoms with Crippen LogP contribution in [0, 0.1) is 0 Å². The lowest BCUT2D eigenvalue weighted by Gasteiger charge is -2.18. The molecule has 3 atom stereocenters. The normalized spacial score (nSPS) is 25.8. The number of carbonyl (C=O) groups is 1. The van der Waals surface area contributed by atoms with Gasteiger partial charge in [-0.1, -0.05) is 0 Å². The second-order valence-electron chi connectivity index (χ2n) is 4.14. The molecule has 14 heavy (non-hydrogen) atoms. The number of aliphatic hydroxyl groups excluding tert-OH is 1. The van der Waals surface area contributed by atoms with Gasteiger partial charge in [0.05, 0.1) is 12.1 Å². The largest absolute Gasteiger partial charge is 0.393 e. The highest BCUT2D eigenvalue weighted by Crippen LogP contribution is 2.05. The summed E-state index contributed by atoms with van der Waals surface area (Å²) in [5.41, 5.74) is 0. The average molecular weight is 200 g/mol. The number of nitrogens with one attached hydrogen (secondary N) is 2. The maximum Gasteiger partial charge on any atom is 0.237 e. The van der Waals surface area contributed by atoms with Gasteiger partial charge in [-0.2, -0.15) is 0 Å². The first kappa shape index (κ1) is 11.5. The van der Waals surface area contributed by atoms with Gasteiger partial charge < -0.3 is 15.7 Å². The van der Waals surface area contributed by atoms with Gasteiger partial charge in [-0.05, 0) is 39.7 Å². The van der Waals surface area contributed by atoms with Crippen LogP contribution in [0.2, 0.25) is 0 Å². The lowest BCUT2D eigenvalue weighted by Crippen LogP contribution is -2.44. The van der Waals surface area contributed by atoms with E-state index >= 15 is 0 Å². The van der Waals surface area contributed by atoms with E-state index in [0.29, 0.717) is 6.42 Å². The van der Waals surface area contributed by atoms with Crippen molar-refractivity contribution in [1.82, 2.24) is 10.6 Å². The Morgan fingerprint density at radius 1 is 1.64 bits per heavy atom. The van der Waals surface area contributed by atoms with E-state index < -0.39 is 0 Å². The minimum Gasteiger partial charge on any atom is -0.393 e. The van der Waals surface area contributed by atoms with E-state index in [1.165, 1.54) is 0 Å². The molecule has 1 saturated heterocycles. The second kappa shape index (κ2) is 5.32. The summed E-state index contributed by atoms with van der Waals surface area (Å²) < 4.78 is 0. The molecule has 2 unspecified atom stereocenters. The van der Waals surface area contributed by atoms with Gasteiger partial charge in [-0.25, -0.2) is 0 Å². The SMILES string of the molecule is CC(O)CC(C)NC(=O)[C@@H]1CCCN1. The van der Waals surface area contributed by atoms with Crippen LogP contribution in [0.1, 0.15) is 33.1 Å². The van der Waals surface area contributed by atoms with Gasteiger partial charge in [0, 0.05) is 6.04 Å². The van der Waals surface area contributed by atoms with Crippen LogP contribution in [-0.2, 0) is 4.79 Å². The van der Waals surface area contributed by atoms with Crippen LogP contribution in [0.5, 0.6) is 0 Å². The maximum absolute atomic E-state index is 11.6. The molecule has 0 aromatic carbocycles. The Hall–Kier alpha value is -0.610. The molecule has 82 valence electrons. The quantitative estimate of drug-likeness (QED) is 0.599. The third kappa shape index (κ3) is 3.64. The van der Waals surface area contributed by atoms with E-state index in [4.69, 9.17) is 5.11 Å². The van der Waals surface area contributed by atoms with Crippen molar-refractivity contribution in [2.24, 2.45) is 0 Å². The third-order valence-electron chi connectivity index (χ3n) is 2.46. The zero-order chi connectivity index (χ0) is 10.6. The number of hydrogen-bond acceptors (Lipinski definition) is 3. The molecule has 0 spiro atoms. The molecule has 1 heterocycles. The number of amides is 1. The lowest BCUT2D eigenvalue weighted by atomic mass is 10.1. The minimum atomic E-state index is -0.359. The molecule has 3 N–H and O–H groups in total. The van der Waals surface area contributed by atoms with Crippen LogP contribution in [0.3, 0.4) is 0 Å². The summed E-state index contributed by atoms with van der Waals surface area (Å²) in [6.45, 7) is 4.58. The van der Waals surface area contributed by atoms with Crippen molar-refractivity contribution in [2.75, 3.05) is 6.54 Å². The van der Waals surface area contributed by atoms with Gasteiger partial charge in [0.2, 0.25) is 5.91 Å². The molecular weight excluding hydrogens is 180 g/mol. The van der Waals surface area contributed by atoms with Gasteiger partial charge >= 0.3 is 0 Å². The zero-order valence-corrected chi connectivity index (χ0v) is 8.92. The van der Waals surface area contributed by atoms with Crippen molar-refractivity contribution in [3.63, 3.8) is 0 Å². The standard InChI is InChI=1S/C10H20N2O2/c1-7(6-8(2)13)12-10(14)9-4-3-5-11-9/h7-9,11,13H,3-6H2,1-2H3,(H,12,14)/t7?,8?,9-/m0/s1. The predicted molar refractivity (Wildman–Crippen MR) is 54.9 cm³/mol. The summed E-state index contributed by atoms with van der Waals surface area (Å²) in [5.74, 6) is 0.0654. The smallest absolute Gasteiger partial charge is 0.237 e. The van der Waals surface area contributed by atoms with E-state index in [1.54, 1.807) is 6.92 Å². The van der Waals surface area contributed by atoms with Crippen molar-refractivity contribution in [1.29, 1.82) is 0 Å². The Morgan fingerprint density at radius 3 is 2.86 bits per heavy atom. The lowest BCUT2D eigenvalue weighted by molar-refractivity contribution is -0.123. The fourth-order valence-electron chi connectivity index (χ4n) is 1.82. The summed E-state index contributed by atoms with van der Waals surface area (Å²) in [7, 11) is 0. The Labute approximate surface area is 85.1 Å². The highest BCUT2D eigenvalue weighted by molar-refractivity contribution is 5.82. The van der Waals surface area contributed by atoms with Crippen LogP contribution < -0.4 is 10.6 Å². The van der Waals surface area contributed by atoms with Crippen LogP contribution in [0.25, 0.3) is 0 Å². The van der Waals surface area contributed by atoms with Crippen molar-refractivity contribution in [2.45, 2.75) is 51.3 Å². The highest BCUT2D eigenvalue weighted by atomic mass is 16.3. The van der Waals surface area contributed by atoms with Gasteiger partial charge in [0.15, 0.2) is 0 Å². The topological polar surface area (TPSA) is 61.4 Å². The van der Waals surface area contributed by atoms with E-state index in [-0.39, 0.29) is 24.1 Å². The number of aliphatic hydroxyl groups is 1. The van der Waals surface area contributed by atoms with E-state index in [0.717, 1.165) is 19.4 Å². The number of hydrogen-bond donors (Lipinski definition) is 3. The average Bonchev–Trinajstić information content (AvgIpc) is 2.53. The zero-order valence-electron chi connectivity index (χ0n) is 8.92. The van der Waals surface area contributed by atoms with Crippen molar-refractivity contribution in [3.8, 4) is 0 Å². The molecule has 1 aliphatic heterocycles. The predicted octanol–water partition coefficient (Wildman–Crippen LogP) is 0.0140. The Kier molecular flexibility index (Phi) is 4.35. The van der Waals surface area contributed by atoms with Crippen LogP contribution in [0.15, 0.2) is 0 Å². The van der Waals surface area contributed by atoms with Crippen LogP contribution >= 0.6 is 0 Å². The van der Waals surface area contributed by atoms with E-state index in [1.807, 2.05) is 6.92 Å². The molecular formula is C10H20N2O2. The molecule has 1 amide bonds. The minimum absolute atomic E-state index is 0.0218. The van der Waals surface area contributed by atoms with E-state index in [9.17, 15) is 4.79 Å². The van der Waals surface area contributed by atoms with Gasteiger partial charge in [-0.3, -0.25) is 4.79 Å². The Morgan fingerprint density at radius 2 is 2.36 bits per heavy atom. The summed E-state index contributed by atoms with van der Waals surface area (Å²) >= 11 is 0. The Balaban J connectivity index is 2.25. The van der Waals surface area contributed by atoms with Crippen molar-refractivity contribution in [3.05, 3.63) is 0 Å². The Bertz CT molecular complexity index is 189. The summed E-state index contributed by atoms with van der Waals surface area (Å²) in [4.78, 5) is 11.6. The fraction of sp³-hybridized carbons (Fsp3) is 0.900. The first-order chi connectivity index (χ1) is 6.59. The number of carbonyl (C=O) groups excluding carboxylic acids is 1. The first-order valence-electron chi connectivity index (χ1n) is 5.31. The van der Waals surface area contributed by atoms with Gasteiger partial charge in [0.1, 0.15) is 0 Å². The molecule has 1 aliphatic rings. The van der Waals surface area contributed by atoms with Crippen LogP contribution in [-0.4, -0.2) is 35.7 Å². The third-order valence-corrected chi connectivity index (χ3v) is 2.46. The summed E-state index contributed by atoms with van der Waals surface area (Å²) in [6, 6.07) is 0.0244. The van der Waals surface area contributed by atoms with Crippen molar-refractivity contribution >= 4 is 5.91 Å². The maximum atomic E-state index is 11.6.